The Morgan fingerprint density at radius 1 is 1.25 bits per heavy atom. The summed E-state index contributed by atoms with van der Waals surface area (Å²) in [7, 11) is 0. The molecule has 0 aliphatic carbocycles. The first kappa shape index (κ1) is 14.4. The van der Waals surface area contributed by atoms with Crippen molar-refractivity contribution in [3.8, 4) is 0 Å². The molecule has 0 unspecified atom stereocenters. The van der Waals surface area contributed by atoms with Crippen molar-refractivity contribution in [1.82, 2.24) is 0 Å². The molecule has 0 bridgehead atoms. The van der Waals surface area contributed by atoms with Gasteiger partial charge in [-0.1, -0.05) is 0 Å². The number of hydrogen-bond acceptors (Lipinski definition) is 2. The van der Waals surface area contributed by atoms with Gasteiger partial charge in [0.1, 0.15) is 0 Å². The second kappa shape index (κ2) is 6.37. The number of non-ortho nitro benzene ring substituents is 1. The van der Waals surface area contributed by atoms with Crippen molar-refractivity contribution < 1.29 is 34.5 Å². The van der Waals surface area contributed by atoms with Gasteiger partial charge in [-0.25, -0.2) is 0 Å². The normalized spacial score (nSPS) is 7.67. The third-order valence-corrected chi connectivity index (χ3v) is 1.15. The van der Waals surface area contributed by atoms with E-state index in [0.717, 1.165) is 5.56 Å². The molecule has 1 aromatic rings. The van der Waals surface area contributed by atoms with Crippen LogP contribution in [0.25, 0.3) is 0 Å². The van der Waals surface area contributed by atoms with E-state index in [2.05, 4.69) is 6.92 Å². The first-order valence-corrected chi connectivity index (χ1v) is 2.76. The van der Waals surface area contributed by atoms with Gasteiger partial charge < -0.3 is 0 Å². The summed E-state index contributed by atoms with van der Waals surface area (Å²) in [5, 5.41) is 10.1. The third kappa shape index (κ3) is 4.01. The Morgan fingerprint density at radius 3 is 2.00 bits per heavy atom. The van der Waals surface area contributed by atoms with Gasteiger partial charge in [-0.15, -0.1) is 0 Å². The molecule has 0 aromatic heterocycles. The fourth-order valence-electron chi connectivity index (χ4n) is 0.618. The summed E-state index contributed by atoms with van der Waals surface area (Å²) in [4.78, 5) is 9.67. The Morgan fingerprint density at radius 2 is 1.67 bits per heavy atom. The number of nitro groups is 1. The minimum absolute atomic E-state index is 0. The van der Waals surface area contributed by atoms with Crippen LogP contribution in [0.2, 0.25) is 0 Å². The Bertz CT molecular complexity index is 250. The molecule has 3 nitrogen and oxygen atoms in total. The minimum atomic E-state index is -0.431. The van der Waals surface area contributed by atoms with Crippen LogP contribution in [0.4, 0.5) is 5.69 Å². The van der Waals surface area contributed by atoms with Crippen LogP contribution in [-0.2, 0) is 0 Å². The van der Waals surface area contributed by atoms with E-state index >= 15 is 0 Å². The molecule has 0 fully saturated rings. The maximum Gasteiger partial charge on any atom is 1.00 e. The van der Waals surface area contributed by atoms with Crippen LogP contribution in [0.5, 0.6) is 0 Å². The van der Waals surface area contributed by atoms with Crippen LogP contribution in [-0.4, -0.2) is 4.92 Å². The van der Waals surface area contributed by atoms with Crippen molar-refractivity contribution in [2.75, 3.05) is 0 Å². The van der Waals surface area contributed by atoms with E-state index in [4.69, 9.17) is 0 Å². The van der Waals surface area contributed by atoms with E-state index in [1.165, 1.54) is 12.1 Å². The Hall–Kier alpha value is -0.160. The van der Waals surface area contributed by atoms with E-state index < -0.39 is 4.92 Å². The molecule has 0 aliphatic heterocycles. The molecule has 0 heterocycles. The summed E-state index contributed by atoms with van der Waals surface area (Å²) in [6, 6.07) is 6.08. The standard InChI is InChI=1S/C7H6NO2.Na.H2S/c1-6-2-4-7(5-3-6)8(9)10;;/h2-5H,1H2;;1H2/q-1;+1;. The molecule has 0 atom stereocenters. The smallest absolute Gasteiger partial charge is 0.258 e. The molecule has 0 amide bonds. The van der Waals surface area contributed by atoms with Crippen LogP contribution in [0.1, 0.15) is 5.56 Å². The topological polar surface area (TPSA) is 43.1 Å². The summed E-state index contributed by atoms with van der Waals surface area (Å²) in [6.07, 6.45) is 0. The van der Waals surface area contributed by atoms with E-state index in [9.17, 15) is 10.1 Å². The molecule has 1 rings (SSSR count). The molecule has 60 valence electrons. The van der Waals surface area contributed by atoms with Gasteiger partial charge in [-0.2, -0.15) is 38.1 Å². The van der Waals surface area contributed by atoms with Gasteiger partial charge in [-0.3, -0.25) is 10.1 Å². The van der Waals surface area contributed by atoms with Crippen LogP contribution in [0.15, 0.2) is 24.3 Å². The third-order valence-electron chi connectivity index (χ3n) is 1.15. The van der Waals surface area contributed by atoms with E-state index in [0.29, 0.717) is 0 Å². The molecule has 0 saturated carbocycles. The fraction of sp³-hybridized carbons (Fsp3) is 0. The molecular formula is C7H8NNaO2S. The van der Waals surface area contributed by atoms with Crippen molar-refractivity contribution in [2.45, 2.75) is 0 Å². The van der Waals surface area contributed by atoms with Crippen LogP contribution >= 0.6 is 13.5 Å². The quantitative estimate of drug-likeness (QED) is 0.246. The van der Waals surface area contributed by atoms with Gasteiger partial charge in [0.2, 0.25) is 5.69 Å². The number of nitrogens with zero attached hydrogens (tertiary/aromatic N) is 1. The average molecular weight is 193 g/mol. The van der Waals surface area contributed by atoms with Crippen LogP contribution < -0.4 is 29.6 Å². The first-order chi connectivity index (χ1) is 4.70. The average Bonchev–Trinajstić information content (AvgIpc) is 1.88. The van der Waals surface area contributed by atoms with Crippen molar-refractivity contribution in [1.29, 1.82) is 0 Å². The Labute approximate surface area is 100 Å². The van der Waals surface area contributed by atoms with Crippen molar-refractivity contribution in [3.05, 3.63) is 46.9 Å². The Kier molecular flexibility index (Phi) is 7.62. The molecule has 0 saturated heterocycles. The Balaban J connectivity index is 0. The van der Waals surface area contributed by atoms with Gasteiger partial charge in [-0.05, 0) is 12.1 Å². The maximum atomic E-state index is 10.1. The monoisotopic (exact) mass is 193 g/mol. The molecule has 5 heteroatoms. The molecule has 1 aromatic carbocycles. The SMILES string of the molecule is S.[CH2-]c1ccc([N+](=O)[O-])cc1.[Na+]. The predicted octanol–water partition coefficient (Wildman–Crippen LogP) is -1.11. The number of hydrogen-bond donors (Lipinski definition) is 0. The van der Waals surface area contributed by atoms with E-state index in [1.54, 1.807) is 12.1 Å². The number of rotatable bonds is 1. The second-order valence-electron chi connectivity index (χ2n) is 1.92. The molecular weight excluding hydrogens is 185 g/mol. The zero-order valence-electron chi connectivity index (χ0n) is 6.78. The summed E-state index contributed by atoms with van der Waals surface area (Å²) in [5.41, 5.74) is 0.887. The van der Waals surface area contributed by atoms with Gasteiger partial charge in [0.25, 0.3) is 0 Å². The zero-order chi connectivity index (χ0) is 7.56. The van der Waals surface area contributed by atoms with E-state index in [-0.39, 0.29) is 48.7 Å². The fourth-order valence-corrected chi connectivity index (χ4v) is 0.618. The van der Waals surface area contributed by atoms with Crippen LogP contribution in [0, 0.1) is 17.0 Å². The zero-order valence-corrected chi connectivity index (χ0v) is 9.78. The van der Waals surface area contributed by atoms with Crippen molar-refractivity contribution in [2.24, 2.45) is 0 Å². The summed E-state index contributed by atoms with van der Waals surface area (Å²) in [5.74, 6) is 0. The number of benzene rings is 1. The molecule has 0 N–H and O–H groups in total. The summed E-state index contributed by atoms with van der Waals surface area (Å²) < 4.78 is 0. The number of nitro benzene ring substituents is 1. The molecule has 0 radical (unpaired) electrons. The molecule has 0 aliphatic rings. The van der Waals surface area contributed by atoms with Gasteiger partial charge in [0, 0.05) is 0 Å². The van der Waals surface area contributed by atoms with Gasteiger partial charge in [0.05, 0.1) is 4.92 Å². The van der Waals surface area contributed by atoms with Gasteiger partial charge in [0.15, 0.2) is 0 Å². The molecule has 12 heavy (non-hydrogen) atoms. The maximum absolute atomic E-state index is 10.1. The predicted molar refractivity (Wildman–Crippen MR) is 47.9 cm³/mol. The summed E-state index contributed by atoms with van der Waals surface area (Å²) >= 11 is 0. The molecule has 0 spiro atoms. The van der Waals surface area contributed by atoms with Crippen molar-refractivity contribution >= 4 is 19.2 Å². The van der Waals surface area contributed by atoms with Gasteiger partial charge >= 0.3 is 29.6 Å². The van der Waals surface area contributed by atoms with Crippen LogP contribution in [0.3, 0.4) is 0 Å². The first-order valence-electron chi connectivity index (χ1n) is 2.76. The second-order valence-corrected chi connectivity index (χ2v) is 1.92. The van der Waals surface area contributed by atoms with Crippen molar-refractivity contribution in [3.63, 3.8) is 0 Å². The van der Waals surface area contributed by atoms with E-state index in [1.807, 2.05) is 0 Å². The minimum Gasteiger partial charge on any atom is -0.258 e. The largest absolute Gasteiger partial charge is 1.00 e. The summed E-state index contributed by atoms with van der Waals surface area (Å²) in [6.45, 7) is 3.60.